The molecule has 0 aliphatic carbocycles. The zero-order valence-electron chi connectivity index (χ0n) is 12.4. The van der Waals surface area contributed by atoms with Gasteiger partial charge in [-0.15, -0.1) is 0 Å². The standard InChI is InChI=1S/C16H21NO4/c1-12(21-13(2)19)17-9-7-16(20,8-10-17)15-5-3-14(11-18)4-6-15/h3-6,11-12,20H,7-10H2,1-2H3. The molecule has 0 saturated carbocycles. The average Bonchev–Trinajstić information content (AvgIpc) is 2.47. The molecule has 1 aliphatic rings. The first-order valence-corrected chi connectivity index (χ1v) is 7.14. The van der Waals surface area contributed by atoms with E-state index in [4.69, 9.17) is 4.74 Å². The Labute approximate surface area is 124 Å². The van der Waals surface area contributed by atoms with Gasteiger partial charge in [-0.05, 0) is 25.3 Å². The van der Waals surface area contributed by atoms with Crippen LogP contribution in [0, 0.1) is 0 Å². The van der Waals surface area contributed by atoms with Crippen molar-refractivity contribution in [2.45, 2.75) is 38.5 Å². The summed E-state index contributed by atoms with van der Waals surface area (Å²) in [4.78, 5) is 23.7. The maximum atomic E-state index is 11.0. The highest BCUT2D eigenvalue weighted by molar-refractivity contribution is 5.74. The number of aldehydes is 1. The van der Waals surface area contributed by atoms with Crippen molar-refractivity contribution in [3.63, 3.8) is 0 Å². The maximum absolute atomic E-state index is 11.0. The molecule has 0 bridgehead atoms. The number of carbonyl (C=O) groups excluding carboxylic acids is 2. The molecule has 5 nitrogen and oxygen atoms in total. The molecule has 1 saturated heterocycles. The van der Waals surface area contributed by atoms with Gasteiger partial charge in [0.2, 0.25) is 0 Å². The number of aliphatic hydroxyl groups is 1. The SMILES string of the molecule is CC(=O)OC(C)N1CCC(O)(c2ccc(C=O)cc2)CC1. The van der Waals surface area contributed by atoms with Gasteiger partial charge in [0, 0.05) is 25.6 Å². The zero-order chi connectivity index (χ0) is 15.5. The lowest BCUT2D eigenvalue weighted by molar-refractivity contribution is -0.158. The van der Waals surface area contributed by atoms with E-state index >= 15 is 0 Å². The molecule has 2 rings (SSSR count). The fourth-order valence-corrected chi connectivity index (χ4v) is 2.73. The van der Waals surface area contributed by atoms with Crippen LogP contribution in [0.2, 0.25) is 0 Å². The van der Waals surface area contributed by atoms with E-state index in [2.05, 4.69) is 0 Å². The molecule has 1 N–H and O–H groups in total. The molecule has 1 unspecified atom stereocenters. The molecule has 1 heterocycles. The fraction of sp³-hybridized carbons (Fsp3) is 0.500. The summed E-state index contributed by atoms with van der Waals surface area (Å²) in [6, 6.07) is 7.03. The average molecular weight is 291 g/mol. The highest BCUT2D eigenvalue weighted by Gasteiger charge is 2.35. The molecule has 1 aromatic carbocycles. The van der Waals surface area contributed by atoms with Gasteiger partial charge in [-0.25, -0.2) is 0 Å². The van der Waals surface area contributed by atoms with Crippen molar-refractivity contribution >= 4 is 12.3 Å². The molecule has 1 aromatic rings. The van der Waals surface area contributed by atoms with Crippen molar-refractivity contribution in [1.82, 2.24) is 4.90 Å². The van der Waals surface area contributed by atoms with Crippen LogP contribution in [-0.2, 0) is 15.1 Å². The normalized spacial score (nSPS) is 19.8. The molecule has 5 heteroatoms. The number of rotatable bonds is 4. The summed E-state index contributed by atoms with van der Waals surface area (Å²) >= 11 is 0. The summed E-state index contributed by atoms with van der Waals surface area (Å²) in [5.74, 6) is -0.298. The first kappa shape index (κ1) is 15.7. The Morgan fingerprint density at radius 3 is 2.38 bits per heavy atom. The van der Waals surface area contributed by atoms with E-state index in [0.717, 1.165) is 11.8 Å². The number of esters is 1. The second kappa shape index (κ2) is 6.37. The van der Waals surface area contributed by atoms with Gasteiger partial charge >= 0.3 is 5.97 Å². The molecule has 0 spiro atoms. The lowest BCUT2D eigenvalue weighted by Gasteiger charge is -2.40. The van der Waals surface area contributed by atoms with E-state index in [1.165, 1.54) is 6.92 Å². The Morgan fingerprint density at radius 1 is 1.33 bits per heavy atom. The van der Waals surface area contributed by atoms with Gasteiger partial charge in [0.05, 0.1) is 5.60 Å². The second-order valence-corrected chi connectivity index (χ2v) is 5.52. The number of hydrogen-bond acceptors (Lipinski definition) is 5. The number of ether oxygens (including phenoxy) is 1. The monoisotopic (exact) mass is 291 g/mol. The van der Waals surface area contributed by atoms with Crippen LogP contribution in [0.3, 0.4) is 0 Å². The first-order chi connectivity index (χ1) is 9.94. The minimum Gasteiger partial charge on any atom is -0.447 e. The van der Waals surface area contributed by atoms with Gasteiger partial charge in [-0.2, -0.15) is 0 Å². The van der Waals surface area contributed by atoms with Crippen molar-refractivity contribution in [1.29, 1.82) is 0 Å². The van der Waals surface area contributed by atoms with E-state index in [9.17, 15) is 14.7 Å². The molecule has 0 aromatic heterocycles. The summed E-state index contributed by atoms with van der Waals surface area (Å²) in [6.07, 6.45) is 1.65. The number of likely N-dealkylation sites (tertiary alicyclic amines) is 1. The van der Waals surface area contributed by atoms with Crippen LogP contribution < -0.4 is 0 Å². The van der Waals surface area contributed by atoms with Crippen molar-refractivity contribution in [3.05, 3.63) is 35.4 Å². The topological polar surface area (TPSA) is 66.8 Å². The summed E-state index contributed by atoms with van der Waals surface area (Å²) < 4.78 is 5.16. The van der Waals surface area contributed by atoms with Crippen LogP contribution in [0.15, 0.2) is 24.3 Å². The second-order valence-electron chi connectivity index (χ2n) is 5.52. The van der Waals surface area contributed by atoms with Crippen LogP contribution in [0.1, 0.15) is 42.6 Å². The van der Waals surface area contributed by atoms with Crippen LogP contribution in [-0.4, -0.2) is 41.6 Å². The van der Waals surface area contributed by atoms with E-state index in [0.29, 0.717) is 31.5 Å². The Kier molecular flexibility index (Phi) is 4.75. The van der Waals surface area contributed by atoms with Gasteiger partial charge in [0.25, 0.3) is 0 Å². The first-order valence-electron chi connectivity index (χ1n) is 7.14. The molecule has 0 amide bonds. The third-order valence-electron chi connectivity index (χ3n) is 4.06. The van der Waals surface area contributed by atoms with Crippen molar-refractivity contribution < 1.29 is 19.4 Å². The molecule has 114 valence electrons. The Bertz CT molecular complexity index is 504. The number of nitrogens with zero attached hydrogens (tertiary/aromatic N) is 1. The van der Waals surface area contributed by atoms with Gasteiger partial charge in [-0.3, -0.25) is 14.5 Å². The Morgan fingerprint density at radius 2 is 1.90 bits per heavy atom. The third-order valence-corrected chi connectivity index (χ3v) is 4.06. The minimum absolute atomic E-state index is 0.274. The zero-order valence-corrected chi connectivity index (χ0v) is 12.4. The molecular weight excluding hydrogens is 270 g/mol. The van der Waals surface area contributed by atoms with Crippen LogP contribution >= 0.6 is 0 Å². The lowest BCUT2D eigenvalue weighted by atomic mass is 9.84. The highest BCUT2D eigenvalue weighted by Crippen LogP contribution is 2.33. The summed E-state index contributed by atoms with van der Waals surface area (Å²) in [7, 11) is 0. The molecule has 21 heavy (non-hydrogen) atoms. The quantitative estimate of drug-likeness (QED) is 0.675. The van der Waals surface area contributed by atoms with E-state index in [1.807, 2.05) is 11.8 Å². The molecule has 0 radical (unpaired) electrons. The number of hydrogen-bond donors (Lipinski definition) is 1. The van der Waals surface area contributed by atoms with Crippen LogP contribution in [0.5, 0.6) is 0 Å². The lowest BCUT2D eigenvalue weighted by Crippen LogP contribution is -2.47. The number of carbonyl (C=O) groups is 2. The minimum atomic E-state index is -0.881. The maximum Gasteiger partial charge on any atom is 0.304 e. The fourth-order valence-electron chi connectivity index (χ4n) is 2.73. The summed E-state index contributed by atoms with van der Waals surface area (Å²) in [6.45, 7) is 4.54. The predicted octanol–water partition coefficient (Wildman–Crippen LogP) is 1.69. The third kappa shape index (κ3) is 3.68. The highest BCUT2D eigenvalue weighted by atomic mass is 16.6. The van der Waals surface area contributed by atoms with Gasteiger partial charge < -0.3 is 9.84 Å². The predicted molar refractivity (Wildman–Crippen MR) is 77.8 cm³/mol. The molecule has 1 fully saturated rings. The van der Waals surface area contributed by atoms with Gasteiger partial charge in [0.1, 0.15) is 6.29 Å². The molecule has 1 atom stereocenters. The van der Waals surface area contributed by atoms with Crippen molar-refractivity contribution in [2.75, 3.05) is 13.1 Å². The molecular formula is C16H21NO4. The van der Waals surface area contributed by atoms with Crippen molar-refractivity contribution in [3.8, 4) is 0 Å². The van der Waals surface area contributed by atoms with E-state index in [-0.39, 0.29) is 12.2 Å². The number of benzene rings is 1. The van der Waals surface area contributed by atoms with E-state index < -0.39 is 5.60 Å². The summed E-state index contributed by atoms with van der Waals surface area (Å²) in [5, 5.41) is 10.8. The Balaban J connectivity index is 2.00. The smallest absolute Gasteiger partial charge is 0.304 e. The Hall–Kier alpha value is -1.72. The van der Waals surface area contributed by atoms with Crippen molar-refractivity contribution in [2.24, 2.45) is 0 Å². The molecule has 1 aliphatic heterocycles. The summed E-state index contributed by atoms with van der Waals surface area (Å²) in [5.41, 5.74) is 0.546. The van der Waals surface area contributed by atoms with Crippen LogP contribution in [0.25, 0.3) is 0 Å². The van der Waals surface area contributed by atoms with Gasteiger partial charge in [-0.1, -0.05) is 24.3 Å². The largest absolute Gasteiger partial charge is 0.447 e. The van der Waals surface area contributed by atoms with Crippen LogP contribution in [0.4, 0.5) is 0 Å². The number of piperidine rings is 1. The van der Waals surface area contributed by atoms with Gasteiger partial charge in [0.15, 0.2) is 6.23 Å². The van der Waals surface area contributed by atoms with E-state index in [1.54, 1.807) is 24.3 Å².